The Balaban J connectivity index is 1.69. The van der Waals surface area contributed by atoms with Gasteiger partial charge in [0.05, 0.1) is 16.5 Å². The smallest absolute Gasteiger partial charge is 0.435 e. The van der Waals surface area contributed by atoms with Crippen molar-refractivity contribution in [3.63, 3.8) is 0 Å². The molecule has 2 aliphatic rings. The summed E-state index contributed by atoms with van der Waals surface area (Å²) in [5.41, 5.74) is -9.30. The lowest BCUT2D eigenvalue weighted by Crippen LogP contribution is -2.53. The summed E-state index contributed by atoms with van der Waals surface area (Å²) in [6, 6.07) is 5.78. The Bertz CT molecular complexity index is 1790. The van der Waals surface area contributed by atoms with Crippen LogP contribution in [0.2, 0.25) is 0 Å². The number of amides is 1. The van der Waals surface area contributed by atoms with E-state index < -0.39 is 84.6 Å². The number of benzene rings is 3. The highest BCUT2D eigenvalue weighted by molar-refractivity contribution is 7.92. The highest BCUT2D eigenvalue weighted by atomic mass is 32.2. The SMILES string of the molecule is O=C(O)c1ccc(C(=O)N2CC[C@@]3(S(=O)(=O)c4ccc(F)cc4)c4ccc(C(F)(C(F)(F)F)C(F)(F)F)cc4CC[C@@H]23)cc1F. The number of rotatable bonds is 5. The molecule has 2 atom stereocenters. The summed E-state index contributed by atoms with van der Waals surface area (Å²) in [5.74, 6) is -4.62. The van der Waals surface area contributed by atoms with E-state index >= 15 is 0 Å². The number of alkyl halides is 7. The van der Waals surface area contributed by atoms with Gasteiger partial charge in [-0.05, 0) is 72.9 Å². The highest BCUT2D eigenvalue weighted by Gasteiger charge is 2.73. The Morgan fingerprint density at radius 2 is 1.49 bits per heavy atom. The fourth-order valence-electron chi connectivity index (χ4n) is 6.28. The molecule has 1 aliphatic heterocycles. The van der Waals surface area contributed by atoms with Gasteiger partial charge in [0.2, 0.25) is 0 Å². The van der Waals surface area contributed by atoms with Gasteiger partial charge in [0.15, 0.2) is 9.84 Å². The molecule has 0 spiro atoms. The van der Waals surface area contributed by atoms with E-state index in [9.17, 15) is 57.5 Å². The fourth-order valence-corrected chi connectivity index (χ4v) is 8.65. The first-order chi connectivity index (χ1) is 20.8. The van der Waals surface area contributed by atoms with Crippen LogP contribution in [-0.2, 0) is 26.7 Å². The van der Waals surface area contributed by atoms with Crippen LogP contribution in [0.5, 0.6) is 0 Å². The van der Waals surface area contributed by atoms with Gasteiger partial charge in [-0.25, -0.2) is 26.4 Å². The predicted molar refractivity (Wildman–Crippen MR) is 138 cm³/mol. The molecule has 6 nitrogen and oxygen atoms in total. The highest BCUT2D eigenvalue weighted by Crippen LogP contribution is 2.56. The maximum Gasteiger partial charge on any atom is 0.435 e. The van der Waals surface area contributed by atoms with Crippen LogP contribution in [0, 0.1) is 11.6 Å². The van der Waals surface area contributed by atoms with Gasteiger partial charge in [-0.15, -0.1) is 0 Å². The molecule has 1 heterocycles. The number of aromatic carboxylic acids is 1. The Morgan fingerprint density at radius 3 is 2.04 bits per heavy atom. The quantitative estimate of drug-likeness (QED) is 0.249. The first-order valence-corrected chi connectivity index (χ1v) is 14.6. The first-order valence-electron chi connectivity index (χ1n) is 13.1. The molecule has 0 aromatic heterocycles. The fraction of sp³-hybridized carbons (Fsp3) is 0.310. The van der Waals surface area contributed by atoms with Crippen molar-refractivity contribution in [3.8, 4) is 0 Å². The van der Waals surface area contributed by atoms with Crippen LogP contribution in [0.3, 0.4) is 0 Å². The molecule has 0 radical (unpaired) electrons. The number of likely N-dealkylation sites (tertiary alicyclic amines) is 1. The maximum atomic E-state index is 15.0. The molecule has 240 valence electrons. The standard InChI is InChI=1S/C29H20F9NO5S/c30-18-4-6-19(7-5-18)45(43,44)26-11-12-39(24(40)16-1-8-20(25(41)42)22(31)14-16)23(26)10-2-15-13-17(3-9-21(15)26)27(32,28(33,34)35)29(36,37)38/h1,3-9,13-14,23H,2,10-12H2,(H,41,42)/t23-,26-/m1/s1. The van der Waals surface area contributed by atoms with E-state index in [1.807, 2.05) is 0 Å². The third kappa shape index (κ3) is 4.75. The zero-order chi connectivity index (χ0) is 33.3. The molecule has 0 saturated carbocycles. The number of hydrogen-bond acceptors (Lipinski definition) is 4. The Hall–Kier alpha value is -4.08. The second-order valence-corrected chi connectivity index (χ2v) is 12.9. The van der Waals surface area contributed by atoms with Crippen LogP contribution in [-0.4, -0.2) is 55.2 Å². The summed E-state index contributed by atoms with van der Waals surface area (Å²) < 4.78 is 151. The van der Waals surface area contributed by atoms with E-state index in [0.29, 0.717) is 18.2 Å². The second kappa shape index (κ2) is 10.5. The third-order valence-electron chi connectivity index (χ3n) is 8.38. The van der Waals surface area contributed by atoms with Gasteiger partial charge in [-0.1, -0.05) is 18.2 Å². The molecule has 1 amide bonds. The first kappa shape index (κ1) is 32.3. The number of hydrogen-bond donors (Lipinski definition) is 1. The van der Waals surface area contributed by atoms with E-state index in [2.05, 4.69) is 0 Å². The number of carboxylic acid groups (broad SMARTS) is 1. The van der Waals surface area contributed by atoms with Gasteiger partial charge in [0, 0.05) is 17.7 Å². The maximum absolute atomic E-state index is 15.0. The van der Waals surface area contributed by atoms with Gasteiger partial charge in [-0.3, -0.25) is 4.79 Å². The molecular formula is C29H20F9NO5S. The van der Waals surface area contributed by atoms with Crippen LogP contribution in [0.15, 0.2) is 65.6 Å². The number of sulfone groups is 1. The number of aryl methyl sites for hydroxylation is 1. The molecule has 0 unspecified atom stereocenters. The van der Waals surface area contributed by atoms with E-state index in [4.69, 9.17) is 5.11 Å². The number of fused-ring (bicyclic) bond motifs is 3. The topological polar surface area (TPSA) is 91.8 Å². The lowest BCUT2D eigenvalue weighted by atomic mass is 9.76. The molecule has 1 aliphatic carbocycles. The number of carbonyl (C=O) groups excluding carboxylic acids is 1. The van der Waals surface area contributed by atoms with Crippen LogP contribution >= 0.6 is 0 Å². The summed E-state index contributed by atoms with van der Waals surface area (Å²) in [6.45, 7) is -0.342. The number of halogens is 9. The van der Waals surface area contributed by atoms with Gasteiger partial charge in [0.25, 0.3) is 5.91 Å². The summed E-state index contributed by atoms with van der Waals surface area (Å²) in [7, 11) is -4.72. The van der Waals surface area contributed by atoms with Gasteiger partial charge < -0.3 is 10.0 Å². The van der Waals surface area contributed by atoms with Crippen LogP contribution in [0.4, 0.5) is 39.5 Å². The largest absolute Gasteiger partial charge is 0.478 e. The van der Waals surface area contributed by atoms with Crippen molar-refractivity contribution < 1.29 is 62.6 Å². The number of carbonyl (C=O) groups is 2. The molecule has 45 heavy (non-hydrogen) atoms. The van der Waals surface area contributed by atoms with Crippen molar-refractivity contribution in [3.05, 3.63) is 100 Å². The molecule has 0 bridgehead atoms. The van der Waals surface area contributed by atoms with E-state index in [0.717, 1.165) is 41.3 Å². The molecular weight excluding hydrogens is 645 g/mol. The molecule has 1 fully saturated rings. The molecule has 3 aromatic rings. The predicted octanol–water partition coefficient (Wildman–Crippen LogP) is 6.48. The lowest BCUT2D eigenvalue weighted by Gasteiger charge is -2.43. The van der Waals surface area contributed by atoms with Gasteiger partial charge in [-0.2, -0.15) is 26.3 Å². The third-order valence-corrected chi connectivity index (χ3v) is 10.9. The van der Waals surface area contributed by atoms with Crippen molar-refractivity contribution >= 4 is 21.7 Å². The van der Waals surface area contributed by atoms with Gasteiger partial charge in [0.1, 0.15) is 16.4 Å². The van der Waals surface area contributed by atoms with E-state index in [1.165, 1.54) is 0 Å². The minimum atomic E-state index is -6.42. The van der Waals surface area contributed by atoms with Crippen molar-refractivity contribution in [1.82, 2.24) is 4.90 Å². The summed E-state index contributed by atoms with van der Waals surface area (Å²) in [6.07, 6.45) is -14.0. The zero-order valence-corrected chi connectivity index (χ0v) is 23.3. The van der Waals surface area contributed by atoms with Gasteiger partial charge >= 0.3 is 24.0 Å². The minimum absolute atomic E-state index is 0.203. The van der Waals surface area contributed by atoms with Crippen LogP contribution < -0.4 is 0 Å². The Morgan fingerprint density at radius 1 is 0.867 bits per heavy atom. The minimum Gasteiger partial charge on any atom is -0.478 e. The molecule has 1 saturated heterocycles. The normalized spacial score (nSPS) is 20.5. The van der Waals surface area contributed by atoms with E-state index in [1.54, 1.807) is 0 Å². The van der Waals surface area contributed by atoms with E-state index in [-0.39, 0.29) is 42.1 Å². The average molecular weight is 666 g/mol. The zero-order valence-electron chi connectivity index (χ0n) is 22.5. The van der Waals surface area contributed by atoms with Crippen LogP contribution in [0.1, 0.15) is 50.2 Å². The average Bonchev–Trinajstić information content (AvgIpc) is 3.36. The van der Waals surface area contributed by atoms with Crippen molar-refractivity contribution in [2.24, 2.45) is 0 Å². The molecule has 5 rings (SSSR count). The molecule has 1 N–H and O–H groups in total. The van der Waals surface area contributed by atoms with Crippen molar-refractivity contribution in [2.75, 3.05) is 6.54 Å². The van der Waals surface area contributed by atoms with Crippen molar-refractivity contribution in [2.45, 2.75) is 53.0 Å². The van der Waals surface area contributed by atoms with Crippen molar-refractivity contribution in [1.29, 1.82) is 0 Å². The number of carboxylic acids is 1. The summed E-state index contributed by atoms with van der Waals surface area (Å²) >= 11 is 0. The second-order valence-electron chi connectivity index (χ2n) is 10.7. The van der Waals surface area contributed by atoms with Crippen LogP contribution in [0.25, 0.3) is 0 Å². The summed E-state index contributed by atoms with van der Waals surface area (Å²) in [4.78, 5) is 25.3. The lowest BCUT2D eigenvalue weighted by molar-refractivity contribution is -0.348. The Labute approximate surface area is 249 Å². The summed E-state index contributed by atoms with van der Waals surface area (Å²) in [5, 5.41) is 9.09. The number of nitrogens with zero attached hydrogens (tertiary/aromatic N) is 1. The Kier molecular flexibility index (Phi) is 7.53. The molecule has 16 heteroatoms. The monoisotopic (exact) mass is 665 g/mol. The molecule has 3 aromatic carbocycles.